The molecular weight excluding hydrogens is 392 g/mol. The van der Waals surface area contributed by atoms with Crippen LogP contribution in [0.15, 0.2) is 21.3 Å². The van der Waals surface area contributed by atoms with Gasteiger partial charge in [-0.15, -0.1) is 0 Å². The lowest BCUT2D eigenvalue weighted by molar-refractivity contribution is -0.0722. The molecule has 0 amide bonds. The van der Waals surface area contributed by atoms with E-state index in [4.69, 9.17) is 15.1 Å². The Labute approximate surface area is 184 Å². The molecule has 7 nitrogen and oxygen atoms in total. The van der Waals surface area contributed by atoms with E-state index in [9.17, 15) is 5.11 Å². The van der Waals surface area contributed by atoms with Crippen molar-refractivity contribution < 1.29 is 14.5 Å². The number of aliphatic hydroxyl groups is 1. The van der Waals surface area contributed by atoms with Crippen molar-refractivity contribution in [2.24, 2.45) is 39.5 Å². The zero-order chi connectivity index (χ0) is 21.6. The topological polar surface area (TPSA) is 107 Å². The average molecular weight is 429 g/mol. The molecule has 0 radical (unpaired) electrons. The van der Waals surface area contributed by atoms with Gasteiger partial charge in [-0.05, 0) is 86.0 Å². The number of hydrogen-bond donors (Lipinski definition) is 2. The molecule has 0 bridgehead atoms. The Morgan fingerprint density at radius 1 is 1.19 bits per heavy atom. The molecule has 1 aromatic rings. The molecule has 4 aliphatic rings. The molecule has 5 rings (SSSR count). The summed E-state index contributed by atoms with van der Waals surface area (Å²) < 4.78 is 5.13. The number of fused-ring (bicyclic) bond motifs is 5. The number of hydrogen-bond acceptors (Lipinski definition) is 7. The standard InChI is InChI=1S/C24H36N4O3/c1-23-10-7-16(27-30-12-9-22-26-21(14-25)28-31-22)13-15(23)3-4-17-18-5-6-20(29)24(18,2)11-8-19(17)23/h13,17-20,29H,3-12,14,25H2,1-2H3/t17?,18?,19?,20-,23-,24-/m0/s1. The second-order valence-corrected chi connectivity index (χ2v) is 10.6. The van der Waals surface area contributed by atoms with Gasteiger partial charge in [0.1, 0.15) is 6.61 Å². The number of rotatable bonds is 5. The van der Waals surface area contributed by atoms with E-state index in [1.807, 2.05) is 0 Å². The number of aromatic nitrogens is 2. The molecule has 7 heteroatoms. The summed E-state index contributed by atoms with van der Waals surface area (Å²) in [6, 6.07) is 0. The van der Waals surface area contributed by atoms with Gasteiger partial charge in [0.05, 0.1) is 24.8 Å². The van der Waals surface area contributed by atoms with Crippen molar-refractivity contribution in [1.82, 2.24) is 10.1 Å². The van der Waals surface area contributed by atoms with Gasteiger partial charge in [-0.25, -0.2) is 0 Å². The van der Waals surface area contributed by atoms with Gasteiger partial charge in [0.2, 0.25) is 5.89 Å². The highest BCUT2D eigenvalue weighted by molar-refractivity contribution is 5.96. The van der Waals surface area contributed by atoms with E-state index in [1.165, 1.54) is 25.7 Å². The molecule has 0 spiro atoms. The third-order valence-corrected chi connectivity index (χ3v) is 9.21. The van der Waals surface area contributed by atoms with Gasteiger partial charge in [-0.2, -0.15) is 4.98 Å². The van der Waals surface area contributed by atoms with Crippen molar-refractivity contribution >= 4 is 5.71 Å². The fraction of sp³-hybridized carbons (Fsp3) is 0.792. The van der Waals surface area contributed by atoms with Gasteiger partial charge in [0.15, 0.2) is 5.82 Å². The summed E-state index contributed by atoms with van der Waals surface area (Å²) >= 11 is 0. The molecule has 6 atom stereocenters. The Bertz CT molecular complexity index is 880. The highest BCUT2D eigenvalue weighted by atomic mass is 16.6. The Morgan fingerprint density at radius 2 is 2.06 bits per heavy atom. The summed E-state index contributed by atoms with van der Waals surface area (Å²) in [4.78, 5) is 9.77. The maximum Gasteiger partial charge on any atom is 0.230 e. The molecule has 3 N–H and O–H groups in total. The minimum absolute atomic E-state index is 0.0977. The minimum Gasteiger partial charge on any atom is -0.395 e. The number of aliphatic hydroxyl groups excluding tert-OH is 1. The second kappa shape index (κ2) is 8.00. The van der Waals surface area contributed by atoms with Crippen molar-refractivity contribution in [1.29, 1.82) is 0 Å². The van der Waals surface area contributed by atoms with Gasteiger partial charge in [-0.3, -0.25) is 0 Å². The van der Waals surface area contributed by atoms with E-state index in [1.54, 1.807) is 5.57 Å². The largest absolute Gasteiger partial charge is 0.395 e. The highest BCUT2D eigenvalue weighted by Gasteiger charge is 2.58. The summed E-state index contributed by atoms with van der Waals surface area (Å²) in [6.45, 7) is 5.55. The fourth-order valence-corrected chi connectivity index (χ4v) is 7.35. The summed E-state index contributed by atoms with van der Waals surface area (Å²) in [7, 11) is 0. The number of nitrogens with two attached hydrogens (primary N) is 1. The van der Waals surface area contributed by atoms with Crippen molar-refractivity contribution in [3.63, 3.8) is 0 Å². The first-order valence-electron chi connectivity index (χ1n) is 12.0. The van der Waals surface area contributed by atoms with E-state index in [0.717, 1.165) is 43.2 Å². The molecule has 0 aliphatic heterocycles. The summed E-state index contributed by atoms with van der Waals surface area (Å²) in [6.07, 6.45) is 11.9. The van der Waals surface area contributed by atoms with Gasteiger partial charge in [0, 0.05) is 0 Å². The molecule has 31 heavy (non-hydrogen) atoms. The second-order valence-electron chi connectivity index (χ2n) is 10.6. The van der Waals surface area contributed by atoms with Gasteiger partial charge in [-0.1, -0.05) is 29.7 Å². The van der Waals surface area contributed by atoms with Crippen LogP contribution in [0.5, 0.6) is 0 Å². The Hall–Kier alpha value is -1.73. The van der Waals surface area contributed by atoms with Crippen molar-refractivity contribution in [3.05, 3.63) is 23.4 Å². The quantitative estimate of drug-likeness (QED) is 0.546. The Morgan fingerprint density at radius 3 is 2.87 bits per heavy atom. The molecule has 170 valence electrons. The van der Waals surface area contributed by atoms with E-state index in [-0.39, 0.29) is 23.5 Å². The van der Waals surface area contributed by atoms with E-state index < -0.39 is 0 Å². The lowest BCUT2D eigenvalue weighted by atomic mass is 9.47. The minimum atomic E-state index is -0.0977. The maximum atomic E-state index is 10.6. The van der Waals surface area contributed by atoms with Crippen LogP contribution in [0.4, 0.5) is 0 Å². The van der Waals surface area contributed by atoms with Crippen molar-refractivity contribution in [2.75, 3.05) is 6.61 Å². The normalized spacial score (nSPS) is 40.8. The van der Waals surface area contributed by atoms with Crippen molar-refractivity contribution in [3.8, 4) is 0 Å². The van der Waals surface area contributed by atoms with Crippen LogP contribution in [-0.2, 0) is 17.8 Å². The lowest BCUT2D eigenvalue weighted by Crippen LogP contribution is -2.51. The van der Waals surface area contributed by atoms with Crippen LogP contribution >= 0.6 is 0 Å². The lowest BCUT2D eigenvalue weighted by Gasteiger charge is -2.57. The molecular formula is C24H36N4O3. The van der Waals surface area contributed by atoms with Crippen molar-refractivity contribution in [2.45, 2.75) is 84.3 Å². The van der Waals surface area contributed by atoms with Crippen LogP contribution in [0.25, 0.3) is 0 Å². The Kier molecular flexibility index (Phi) is 5.45. The van der Waals surface area contributed by atoms with E-state index >= 15 is 0 Å². The Balaban J connectivity index is 1.24. The molecule has 1 aromatic heterocycles. The predicted molar refractivity (Wildman–Crippen MR) is 117 cm³/mol. The molecule has 0 saturated heterocycles. The predicted octanol–water partition coefficient (Wildman–Crippen LogP) is 3.77. The first-order valence-corrected chi connectivity index (χ1v) is 12.0. The van der Waals surface area contributed by atoms with Gasteiger partial charge < -0.3 is 20.2 Å². The third kappa shape index (κ3) is 3.54. The molecule has 3 fully saturated rings. The summed E-state index contributed by atoms with van der Waals surface area (Å²) in [5, 5.41) is 18.8. The van der Waals surface area contributed by atoms with Crippen LogP contribution in [0, 0.1) is 28.6 Å². The third-order valence-electron chi connectivity index (χ3n) is 9.21. The fourth-order valence-electron chi connectivity index (χ4n) is 7.35. The number of oxime groups is 1. The first kappa shape index (κ1) is 21.1. The molecule has 0 aromatic carbocycles. The molecule has 4 aliphatic carbocycles. The zero-order valence-electron chi connectivity index (χ0n) is 18.8. The SMILES string of the molecule is C[C@]12CCC(=NOCCc3nc(CN)no3)C=C1CCC1C2CC[C@@]2(C)C1CC[C@@H]2O. The molecule has 3 unspecified atom stereocenters. The summed E-state index contributed by atoms with van der Waals surface area (Å²) in [5.74, 6) is 3.26. The average Bonchev–Trinajstić information content (AvgIpc) is 3.35. The van der Waals surface area contributed by atoms with Crippen LogP contribution in [0.1, 0.15) is 76.9 Å². The monoisotopic (exact) mass is 428 g/mol. The smallest absolute Gasteiger partial charge is 0.230 e. The highest BCUT2D eigenvalue weighted by Crippen LogP contribution is 2.65. The maximum absolute atomic E-state index is 10.6. The van der Waals surface area contributed by atoms with Crippen LogP contribution in [0.3, 0.4) is 0 Å². The molecule has 3 saturated carbocycles. The molecule has 1 heterocycles. The number of nitrogens with zero attached hydrogens (tertiary/aromatic N) is 3. The first-order chi connectivity index (χ1) is 14.9. The van der Waals surface area contributed by atoms with Gasteiger partial charge in [0.25, 0.3) is 0 Å². The van der Waals surface area contributed by atoms with Crippen LogP contribution < -0.4 is 5.73 Å². The zero-order valence-corrected chi connectivity index (χ0v) is 18.8. The van der Waals surface area contributed by atoms with E-state index in [0.29, 0.717) is 30.7 Å². The number of allylic oxidation sites excluding steroid dienone is 2. The van der Waals surface area contributed by atoms with Crippen LogP contribution in [0.2, 0.25) is 0 Å². The van der Waals surface area contributed by atoms with Gasteiger partial charge >= 0.3 is 0 Å². The van der Waals surface area contributed by atoms with E-state index in [2.05, 4.69) is 35.2 Å². The summed E-state index contributed by atoms with van der Waals surface area (Å²) in [5.41, 5.74) is 8.55. The van der Waals surface area contributed by atoms with Crippen LogP contribution in [-0.4, -0.2) is 33.7 Å².